The molecule has 3 rings (SSSR count). The fourth-order valence-electron chi connectivity index (χ4n) is 1.96. The van der Waals surface area contributed by atoms with Crippen LogP contribution in [0.3, 0.4) is 0 Å². The third kappa shape index (κ3) is 2.62. The van der Waals surface area contributed by atoms with Crippen LogP contribution in [0.2, 0.25) is 5.02 Å². The van der Waals surface area contributed by atoms with Crippen LogP contribution in [0.1, 0.15) is 15.9 Å². The number of thiazole rings is 1. The number of amides is 1. The molecule has 6 heteroatoms. The number of benzene rings is 2. The Labute approximate surface area is 129 Å². The summed E-state index contributed by atoms with van der Waals surface area (Å²) in [6.07, 6.45) is 0. The van der Waals surface area contributed by atoms with Crippen molar-refractivity contribution in [2.45, 2.75) is 6.92 Å². The van der Waals surface area contributed by atoms with Crippen LogP contribution in [-0.4, -0.2) is 10.9 Å². The summed E-state index contributed by atoms with van der Waals surface area (Å²) in [6, 6.07) is 9.47. The van der Waals surface area contributed by atoms with Crippen molar-refractivity contribution in [3.63, 3.8) is 0 Å². The predicted octanol–water partition coefficient (Wildman–Crippen LogP) is 4.65. The molecule has 0 bridgehead atoms. The molecule has 0 aliphatic heterocycles. The van der Waals surface area contributed by atoms with Gasteiger partial charge in [0.2, 0.25) is 0 Å². The lowest BCUT2D eigenvalue weighted by Crippen LogP contribution is -2.13. The van der Waals surface area contributed by atoms with Gasteiger partial charge in [-0.3, -0.25) is 10.1 Å². The van der Waals surface area contributed by atoms with Gasteiger partial charge < -0.3 is 0 Å². The summed E-state index contributed by atoms with van der Waals surface area (Å²) < 4.78 is 14.5. The standard InChI is InChI=1S/C15H10ClFN2OS/c1-8-10(16)6-7-12-13(8)18-15(21-12)19-14(20)9-4-2-3-5-11(9)17/h2-7H,1H3,(H,18,19,20). The van der Waals surface area contributed by atoms with Crippen molar-refractivity contribution in [1.82, 2.24) is 4.98 Å². The van der Waals surface area contributed by atoms with Crippen LogP contribution in [-0.2, 0) is 0 Å². The molecule has 0 fully saturated rings. The fraction of sp³-hybridized carbons (Fsp3) is 0.0667. The van der Waals surface area contributed by atoms with E-state index in [2.05, 4.69) is 10.3 Å². The largest absolute Gasteiger partial charge is 0.298 e. The predicted molar refractivity (Wildman–Crippen MR) is 83.7 cm³/mol. The van der Waals surface area contributed by atoms with Crippen molar-refractivity contribution >= 4 is 44.2 Å². The molecule has 1 heterocycles. The molecule has 3 aromatic rings. The van der Waals surface area contributed by atoms with E-state index in [0.29, 0.717) is 10.2 Å². The first-order chi connectivity index (χ1) is 10.1. The first-order valence-electron chi connectivity index (χ1n) is 6.18. The number of hydrogen-bond acceptors (Lipinski definition) is 3. The van der Waals surface area contributed by atoms with E-state index >= 15 is 0 Å². The number of halogens is 2. The minimum atomic E-state index is -0.560. The van der Waals surface area contributed by atoms with Crippen LogP contribution < -0.4 is 5.32 Å². The second-order valence-electron chi connectivity index (χ2n) is 4.47. The minimum absolute atomic E-state index is 0.00786. The Balaban J connectivity index is 1.94. The highest BCUT2D eigenvalue weighted by Crippen LogP contribution is 2.31. The van der Waals surface area contributed by atoms with Crippen LogP contribution in [0.4, 0.5) is 9.52 Å². The maximum absolute atomic E-state index is 13.6. The lowest BCUT2D eigenvalue weighted by molar-refractivity contribution is 0.102. The third-order valence-electron chi connectivity index (χ3n) is 3.09. The van der Waals surface area contributed by atoms with E-state index in [1.165, 1.54) is 29.5 Å². The van der Waals surface area contributed by atoms with Crippen LogP contribution in [0, 0.1) is 12.7 Å². The lowest BCUT2D eigenvalue weighted by atomic mass is 10.2. The van der Waals surface area contributed by atoms with Crippen molar-refractivity contribution in [3.05, 3.63) is 58.4 Å². The number of aromatic nitrogens is 1. The Bertz CT molecular complexity index is 847. The van der Waals surface area contributed by atoms with Gasteiger partial charge in [-0.05, 0) is 36.8 Å². The molecule has 0 unspecified atom stereocenters. The Morgan fingerprint density at radius 1 is 1.29 bits per heavy atom. The Kier molecular flexibility index (Phi) is 3.61. The Morgan fingerprint density at radius 3 is 2.81 bits per heavy atom. The maximum Gasteiger partial charge on any atom is 0.260 e. The van der Waals surface area contributed by atoms with Crippen molar-refractivity contribution in [2.75, 3.05) is 5.32 Å². The van der Waals surface area contributed by atoms with Crippen LogP contribution >= 0.6 is 22.9 Å². The molecule has 0 aliphatic rings. The molecule has 2 aromatic carbocycles. The average molecular weight is 321 g/mol. The van der Waals surface area contributed by atoms with Crippen LogP contribution in [0.5, 0.6) is 0 Å². The highest BCUT2D eigenvalue weighted by molar-refractivity contribution is 7.22. The number of carbonyl (C=O) groups is 1. The Hall–Kier alpha value is -1.98. The zero-order valence-electron chi connectivity index (χ0n) is 11.0. The van der Waals surface area contributed by atoms with Gasteiger partial charge in [0.15, 0.2) is 5.13 Å². The van der Waals surface area contributed by atoms with Gasteiger partial charge in [0.25, 0.3) is 5.91 Å². The van der Waals surface area contributed by atoms with Crippen LogP contribution in [0.25, 0.3) is 10.2 Å². The summed E-state index contributed by atoms with van der Waals surface area (Å²) >= 11 is 7.37. The molecule has 0 radical (unpaired) electrons. The first kappa shape index (κ1) is 14.0. The maximum atomic E-state index is 13.6. The summed E-state index contributed by atoms with van der Waals surface area (Å²) in [7, 11) is 0. The van der Waals surface area contributed by atoms with Gasteiger partial charge in [0.05, 0.1) is 15.8 Å². The van der Waals surface area contributed by atoms with Gasteiger partial charge in [-0.15, -0.1) is 0 Å². The van der Waals surface area contributed by atoms with E-state index in [4.69, 9.17) is 11.6 Å². The quantitative estimate of drug-likeness (QED) is 0.746. The van der Waals surface area contributed by atoms with Crippen molar-refractivity contribution in [3.8, 4) is 0 Å². The molecule has 0 saturated carbocycles. The summed E-state index contributed by atoms with van der Waals surface area (Å²) in [5, 5.41) is 3.67. The first-order valence-corrected chi connectivity index (χ1v) is 7.37. The second-order valence-corrected chi connectivity index (χ2v) is 5.91. The van der Waals surface area contributed by atoms with E-state index in [9.17, 15) is 9.18 Å². The molecule has 1 amide bonds. The molecule has 1 N–H and O–H groups in total. The molecular formula is C15H10ClFN2OS. The number of nitrogens with one attached hydrogen (secondary N) is 1. The van der Waals surface area contributed by atoms with Crippen molar-refractivity contribution < 1.29 is 9.18 Å². The van der Waals surface area contributed by atoms with Crippen LogP contribution in [0.15, 0.2) is 36.4 Å². The molecule has 21 heavy (non-hydrogen) atoms. The topological polar surface area (TPSA) is 42.0 Å². The number of hydrogen-bond donors (Lipinski definition) is 1. The van der Waals surface area contributed by atoms with E-state index in [-0.39, 0.29) is 5.56 Å². The number of nitrogens with zero attached hydrogens (tertiary/aromatic N) is 1. The molecule has 0 aliphatic carbocycles. The Morgan fingerprint density at radius 2 is 2.05 bits per heavy atom. The zero-order chi connectivity index (χ0) is 15.0. The number of carbonyl (C=O) groups excluding carboxylic acids is 1. The molecule has 106 valence electrons. The number of anilines is 1. The zero-order valence-corrected chi connectivity index (χ0v) is 12.6. The molecule has 1 aromatic heterocycles. The van der Waals surface area contributed by atoms with Gasteiger partial charge in [-0.2, -0.15) is 0 Å². The molecule has 0 atom stereocenters. The van der Waals surface area contributed by atoms with E-state index in [1.54, 1.807) is 12.1 Å². The van der Waals surface area contributed by atoms with E-state index < -0.39 is 11.7 Å². The smallest absolute Gasteiger partial charge is 0.260 e. The van der Waals surface area contributed by atoms with Gasteiger partial charge in [-0.1, -0.05) is 35.1 Å². The average Bonchev–Trinajstić information content (AvgIpc) is 2.87. The minimum Gasteiger partial charge on any atom is -0.298 e. The highest BCUT2D eigenvalue weighted by Gasteiger charge is 2.14. The van der Waals surface area contributed by atoms with Gasteiger partial charge in [-0.25, -0.2) is 9.37 Å². The molecule has 3 nitrogen and oxygen atoms in total. The number of aryl methyl sites for hydroxylation is 1. The monoisotopic (exact) mass is 320 g/mol. The summed E-state index contributed by atoms with van der Waals surface area (Å²) in [5.74, 6) is -1.08. The van der Waals surface area contributed by atoms with Crippen molar-refractivity contribution in [2.24, 2.45) is 0 Å². The van der Waals surface area contributed by atoms with E-state index in [1.807, 2.05) is 13.0 Å². The normalized spacial score (nSPS) is 10.8. The summed E-state index contributed by atoms with van der Waals surface area (Å²) in [6.45, 7) is 1.87. The lowest BCUT2D eigenvalue weighted by Gasteiger charge is -2.02. The summed E-state index contributed by atoms with van der Waals surface area (Å²) in [4.78, 5) is 16.4. The van der Waals surface area contributed by atoms with Gasteiger partial charge in [0.1, 0.15) is 5.82 Å². The van der Waals surface area contributed by atoms with Gasteiger partial charge >= 0.3 is 0 Å². The molecule has 0 saturated heterocycles. The SMILES string of the molecule is Cc1c(Cl)ccc2sc(NC(=O)c3ccccc3F)nc12. The fourth-order valence-corrected chi connectivity index (χ4v) is 3.04. The summed E-state index contributed by atoms with van der Waals surface area (Å²) in [5.41, 5.74) is 1.60. The van der Waals surface area contributed by atoms with Gasteiger partial charge in [0, 0.05) is 5.02 Å². The highest BCUT2D eigenvalue weighted by atomic mass is 35.5. The van der Waals surface area contributed by atoms with E-state index in [0.717, 1.165) is 15.8 Å². The number of rotatable bonds is 2. The van der Waals surface area contributed by atoms with Crippen molar-refractivity contribution in [1.29, 1.82) is 0 Å². The second kappa shape index (κ2) is 5.42. The number of fused-ring (bicyclic) bond motifs is 1. The third-order valence-corrected chi connectivity index (χ3v) is 4.43. The molecular weight excluding hydrogens is 311 g/mol. The molecule has 0 spiro atoms.